The Hall–Kier alpha value is -0.870. The molecule has 0 saturated heterocycles. The molecule has 0 aromatic rings. The molecular weight excluding hydrogens is 172 g/mol. The van der Waals surface area contributed by atoms with Gasteiger partial charge in [0.1, 0.15) is 13.4 Å². The van der Waals surface area contributed by atoms with E-state index < -0.39 is 0 Å². The van der Waals surface area contributed by atoms with Gasteiger partial charge in [0.05, 0.1) is 6.61 Å². The summed E-state index contributed by atoms with van der Waals surface area (Å²) in [5, 5.41) is 0. The van der Waals surface area contributed by atoms with Gasteiger partial charge in [-0.25, -0.2) is 0 Å². The van der Waals surface area contributed by atoms with E-state index in [0.29, 0.717) is 13.2 Å². The van der Waals surface area contributed by atoms with Gasteiger partial charge in [0.2, 0.25) is 0 Å². The zero-order valence-corrected chi connectivity index (χ0v) is 8.33. The average molecular weight is 188 g/mol. The summed E-state index contributed by atoms with van der Waals surface area (Å²) in [4.78, 5) is 10.4. The smallest absolute Gasteiger partial charge is 0.302 e. The van der Waals surface area contributed by atoms with Crippen molar-refractivity contribution in [3.63, 3.8) is 0 Å². The number of rotatable bonds is 6. The first-order valence-corrected chi connectivity index (χ1v) is 4.02. The van der Waals surface area contributed by atoms with Gasteiger partial charge in [-0.3, -0.25) is 4.79 Å². The molecule has 0 fully saturated rings. The van der Waals surface area contributed by atoms with Crippen molar-refractivity contribution in [3.8, 4) is 0 Å². The Labute approximate surface area is 78.5 Å². The molecule has 0 aliphatic heterocycles. The predicted octanol–water partition coefficient (Wildman–Crippen LogP) is 1.12. The molecule has 0 radical (unpaired) electrons. The third-order valence-electron chi connectivity index (χ3n) is 1.25. The molecule has 0 aromatic carbocycles. The van der Waals surface area contributed by atoms with Crippen molar-refractivity contribution in [1.29, 1.82) is 0 Å². The number of carbonyl (C=O) groups excluding carboxylic acids is 1. The van der Waals surface area contributed by atoms with Crippen molar-refractivity contribution in [2.75, 3.05) is 27.1 Å². The second-order valence-electron chi connectivity index (χ2n) is 2.61. The van der Waals surface area contributed by atoms with Crippen molar-refractivity contribution < 1.29 is 19.0 Å². The van der Waals surface area contributed by atoms with Crippen LogP contribution in [0, 0.1) is 0 Å². The van der Waals surface area contributed by atoms with Crippen LogP contribution in [0.25, 0.3) is 0 Å². The fraction of sp³-hybridized carbons (Fsp3) is 0.667. The minimum atomic E-state index is -0.276. The molecule has 0 rings (SSSR count). The van der Waals surface area contributed by atoms with E-state index in [1.807, 2.05) is 6.92 Å². The largest absolute Gasteiger partial charge is 0.462 e. The van der Waals surface area contributed by atoms with E-state index in [0.717, 1.165) is 5.57 Å². The lowest BCUT2D eigenvalue weighted by Crippen LogP contribution is -2.02. The standard InChI is InChI=1S/C9H16O4/c1-8(6-12-7-11-3)4-5-13-9(2)10/h4H,5-7H2,1-3H3/b8-4+. The van der Waals surface area contributed by atoms with Gasteiger partial charge >= 0.3 is 5.97 Å². The Bertz CT molecular complexity index is 174. The van der Waals surface area contributed by atoms with Crippen LogP contribution in [0.1, 0.15) is 13.8 Å². The van der Waals surface area contributed by atoms with E-state index in [9.17, 15) is 4.79 Å². The van der Waals surface area contributed by atoms with Gasteiger partial charge in [0, 0.05) is 14.0 Å². The van der Waals surface area contributed by atoms with Gasteiger partial charge in [-0.05, 0) is 18.6 Å². The summed E-state index contributed by atoms with van der Waals surface area (Å²) in [6.45, 7) is 4.36. The monoisotopic (exact) mass is 188 g/mol. The van der Waals surface area contributed by atoms with Crippen LogP contribution in [0.2, 0.25) is 0 Å². The Morgan fingerprint density at radius 1 is 1.38 bits per heavy atom. The molecule has 76 valence electrons. The Morgan fingerprint density at radius 3 is 2.62 bits per heavy atom. The van der Waals surface area contributed by atoms with Gasteiger partial charge < -0.3 is 14.2 Å². The molecule has 0 aromatic heterocycles. The lowest BCUT2D eigenvalue weighted by molar-refractivity contribution is -0.139. The van der Waals surface area contributed by atoms with Crippen molar-refractivity contribution in [3.05, 3.63) is 11.6 Å². The van der Waals surface area contributed by atoms with E-state index in [1.165, 1.54) is 6.92 Å². The van der Waals surface area contributed by atoms with Gasteiger partial charge in [-0.1, -0.05) is 0 Å². The van der Waals surface area contributed by atoms with E-state index in [2.05, 4.69) is 0 Å². The summed E-state index contributed by atoms with van der Waals surface area (Å²) < 4.78 is 14.5. The molecule has 0 atom stereocenters. The molecule has 0 saturated carbocycles. The van der Waals surface area contributed by atoms with E-state index in [-0.39, 0.29) is 12.8 Å². The highest BCUT2D eigenvalue weighted by Crippen LogP contribution is 1.93. The topological polar surface area (TPSA) is 44.8 Å². The van der Waals surface area contributed by atoms with Crippen LogP contribution in [0.5, 0.6) is 0 Å². The minimum Gasteiger partial charge on any atom is -0.462 e. The van der Waals surface area contributed by atoms with E-state index in [1.54, 1.807) is 13.2 Å². The van der Waals surface area contributed by atoms with Crippen molar-refractivity contribution in [1.82, 2.24) is 0 Å². The summed E-state index contributed by atoms with van der Waals surface area (Å²) in [6, 6.07) is 0. The van der Waals surface area contributed by atoms with Crippen LogP contribution >= 0.6 is 0 Å². The summed E-state index contributed by atoms with van der Waals surface area (Å²) in [5.74, 6) is -0.276. The summed E-state index contributed by atoms with van der Waals surface area (Å²) >= 11 is 0. The lowest BCUT2D eigenvalue weighted by atomic mass is 10.3. The first kappa shape index (κ1) is 12.1. The quantitative estimate of drug-likeness (QED) is 0.271. The Morgan fingerprint density at radius 2 is 2.08 bits per heavy atom. The summed E-state index contributed by atoms with van der Waals surface area (Å²) in [5.41, 5.74) is 1.01. The van der Waals surface area contributed by atoms with Gasteiger partial charge in [-0.15, -0.1) is 0 Å². The van der Waals surface area contributed by atoms with E-state index in [4.69, 9.17) is 14.2 Å². The fourth-order valence-electron chi connectivity index (χ4n) is 0.646. The molecular formula is C9H16O4. The average Bonchev–Trinajstić information content (AvgIpc) is 2.04. The molecule has 0 aliphatic rings. The second kappa shape index (κ2) is 7.76. The molecule has 0 heterocycles. The molecule has 0 unspecified atom stereocenters. The molecule has 13 heavy (non-hydrogen) atoms. The molecule has 0 amide bonds. The summed E-state index contributed by atoms with van der Waals surface area (Å²) in [6.07, 6.45) is 1.80. The highest BCUT2D eigenvalue weighted by molar-refractivity contribution is 5.66. The molecule has 4 nitrogen and oxygen atoms in total. The second-order valence-corrected chi connectivity index (χ2v) is 2.61. The third-order valence-corrected chi connectivity index (χ3v) is 1.25. The van der Waals surface area contributed by atoms with Crippen LogP contribution < -0.4 is 0 Å². The predicted molar refractivity (Wildman–Crippen MR) is 48.2 cm³/mol. The normalized spacial score (nSPS) is 11.5. The molecule has 0 spiro atoms. The maximum Gasteiger partial charge on any atom is 0.302 e. The van der Waals surface area contributed by atoms with Crippen molar-refractivity contribution in [2.45, 2.75) is 13.8 Å². The Balaban J connectivity index is 3.45. The zero-order valence-electron chi connectivity index (χ0n) is 8.33. The first-order chi connectivity index (χ1) is 6.16. The molecule has 0 N–H and O–H groups in total. The van der Waals surface area contributed by atoms with Gasteiger partial charge in [0.25, 0.3) is 0 Å². The number of methoxy groups -OCH3 is 1. The Kier molecular flexibility index (Phi) is 7.24. The minimum absolute atomic E-state index is 0.276. The third kappa shape index (κ3) is 9.04. The number of ether oxygens (including phenoxy) is 3. The highest BCUT2D eigenvalue weighted by Gasteiger charge is 1.92. The van der Waals surface area contributed by atoms with E-state index >= 15 is 0 Å². The maximum absolute atomic E-state index is 10.4. The number of carbonyl (C=O) groups is 1. The van der Waals surface area contributed by atoms with Crippen LogP contribution in [0.15, 0.2) is 11.6 Å². The maximum atomic E-state index is 10.4. The van der Waals surface area contributed by atoms with Crippen LogP contribution in [-0.4, -0.2) is 33.1 Å². The number of hydrogen-bond donors (Lipinski definition) is 0. The highest BCUT2D eigenvalue weighted by atomic mass is 16.7. The lowest BCUT2D eigenvalue weighted by Gasteiger charge is -2.03. The van der Waals surface area contributed by atoms with Crippen molar-refractivity contribution >= 4 is 5.97 Å². The fourth-order valence-corrected chi connectivity index (χ4v) is 0.646. The van der Waals surface area contributed by atoms with Crippen LogP contribution in [-0.2, 0) is 19.0 Å². The van der Waals surface area contributed by atoms with Crippen molar-refractivity contribution in [2.24, 2.45) is 0 Å². The number of hydrogen-bond acceptors (Lipinski definition) is 4. The molecule has 4 heteroatoms. The van der Waals surface area contributed by atoms with Gasteiger partial charge in [0.15, 0.2) is 0 Å². The first-order valence-electron chi connectivity index (χ1n) is 4.02. The molecule has 0 aliphatic carbocycles. The molecule has 0 bridgehead atoms. The number of esters is 1. The van der Waals surface area contributed by atoms with Gasteiger partial charge in [-0.2, -0.15) is 0 Å². The zero-order chi connectivity index (χ0) is 10.1. The van der Waals surface area contributed by atoms with Crippen LogP contribution in [0.3, 0.4) is 0 Å². The SMILES string of the molecule is COCOC/C(C)=C/COC(C)=O. The summed E-state index contributed by atoms with van der Waals surface area (Å²) in [7, 11) is 1.57. The van der Waals surface area contributed by atoms with Crippen LogP contribution in [0.4, 0.5) is 0 Å².